The first-order valence-electron chi connectivity index (χ1n) is 4.75. The molecule has 4 nitrogen and oxygen atoms in total. The van der Waals surface area contributed by atoms with E-state index in [4.69, 9.17) is 5.73 Å². The van der Waals surface area contributed by atoms with Gasteiger partial charge in [-0.15, -0.1) is 0 Å². The van der Waals surface area contributed by atoms with E-state index >= 15 is 0 Å². The lowest BCUT2D eigenvalue weighted by Gasteiger charge is -2.12. The Morgan fingerprint density at radius 3 is 2.73 bits per heavy atom. The summed E-state index contributed by atoms with van der Waals surface area (Å²) in [6, 6.07) is 8.19. The second kappa shape index (κ2) is 3.65. The molecule has 0 bridgehead atoms. The number of hydrogen-bond acceptors (Lipinski definition) is 3. The van der Waals surface area contributed by atoms with Gasteiger partial charge < -0.3 is 15.6 Å². The normalized spacial score (nSPS) is 10.3. The van der Waals surface area contributed by atoms with Crippen LogP contribution in [0.5, 0.6) is 0 Å². The van der Waals surface area contributed by atoms with Gasteiger partial charge in [0.25, 0.3) is 0 Å². The fourth-order valence-electron chi connectivity index (χ4n) is 1.43. The maximum Gasteiger partial charge on any atom is 0.197 e. The van der Waals surface area contributed by atoms with Crippen molar-refractivity contribution in [2.24, 2.45) is 0 Å². The first-order valence-corrected chi connectivity index (χ1v) is 4.75. The molecule has 4 heteroatoms. The lowest BCUT2D eigenvalue weighted by atomic mass is 10.1. The van der Waals surface area contributed by atoms with Crippen LogP contribution < -0.4 is 10.6 Å². The van der Waals surface area contributed by atoms with Crippen molar-refractivity contribution in [2.45, 2.75) is 0 Å². The third-order valence-corrected chi connectivity index (χ3v) is 2.27. The van der Waals surface area contributed by atoms with Crippen LogP contribution in [0.4, 0.5) is 11.6 Å². The van der Waals surface area contributed by atoms with E-state index in [1.165, 1.54) is 0 Å². The van der Waals surface area contributed by atoms with Crippen LogP contribution in [0.25, 0.3) is 11.3 Å². The maximum atomic E-state index is 5.54. The lowest BCUT2D eigenvalue weighted by Crippen LogP contribution is -2.08. The highest BCUT2D eigenvalue weighted by Crippen LogP contribution is 2.22. The molecule has 3 N–H and O–H groups in total. The molecule has 1 aromatic heterocycles. The van der Waals surface area contributed by atoms with Crippen molar-refractivity contribution < 1.29 is 0 Å². The number of nitrogen functional groups attached to an aromatic ring is 1. The number of nitrogens with one attached hydrogen (secondary N) is 1. The summed E-state index contributed by atoms with van der Waals surface area (Å²) in [6.07, 6.45) is 1.74. The molecule has 1 aromatic carbocycles. The van der Waals surface area contributed by atoms with Gasteiger partial charge in [0, 0.05) is 25.3 Å². The smallest absolute Gasteiger partial charge is 0.197 e. The number of rotatable bonds is 2. The minimum absolute atomic E-state index is 0.445. The Labute approximate surface area is 88.7 Å². The Hall–Kier alpha value is -1.97. The largest absolute Gasteiger partial charge is 0.378 e. The summed E-state index contributed by atoms with van der Waals surface area (Å²) >= 11 is 0. The van der Waals surface area contributed by atoms with Gasteiger partial charge in [-0.25, -0.2) is 4.98 Å². The molecule has 2 rings (SSSR count). The van der Waals surface area contributed by atoms with Gasteiger partial charge in [0.15, 0.2) is 5.95 Å². The van der Waals surface area contributed by atoms with E-state index in [1.807, 2.05) is 26.2 Å². The van der Waals surface area contributed by atoms with Crippen LogP contribution in [0.3, 0.4) is 0 Å². The van der Waals surface area contributed by atoms with Gasteiger partial charge in [0.1, 0.15) is 0 Å². The highest BCUT2D eigenvalue weighted by atomic mass is 15.1. The van der Waals surface area contributed by atoms with Crippen molar-refractivity contribution in [3.05, 3.63) is 30.5 Å². The molecule has 0 aliphatic heterocycles. The molecule has 0 fully saturated rings. The number of aromatic nitrogens is 2. The van der Waals surface area contributed by atoms with Crippen LogP contribution in [-0.2, 0) is 0 Å². The van der Waals surface area contributed by atoms with Crippen LogP contribution >= 0.6 is 0 Å². The van der Waals surface area contributed by atoms with Crippen LogP contribution in [-0.4, -0.2) is 24.1 Å². The highest BCUT2D eigenvalue weighted by molar-refractivity contribution is 5.65. The van der Waals surface area contributed by atoms with E-state index in [1.54, 1.807) is 6.20 Å². The minimum atomic E-state index is 0.445. The monoisotopic (exact) mass is 202 g/mol. The van der Waals surface area contributed by atoms with Crippen LogP contribution in [0.2, 0.25) is 0 Å². The fourth-order valence-corrected chi connectivity index (χ4v) is 1.43. The Bertz CT molecular complexity index is 459. The molecule has 78 valence electrons. The number of aromatic amines is 1. The van der Waals surface area contributed by atoms with E-state index < -0.39 is 0 Å². The standard InChI is InChI=1S/C11H14N4/c1-15(2)9-5-3-4-8(6-9)10-7-13-11(12)14-10/h3-7H,1-2H3,(H3,12,13,14). The average Bonchev–Trinajstić information content (AvgIpc) is 2.65. The number of nitrogens with zero attached hydrogens (tertiary/aromatic N) is 2. The summed E-state index contributed by atoms with van der Waals surface area (Å²) in [4.78, 5) is 9.04. The van der Waals surface area contributed by atoms with Gasteiger partial charge in [-0.3, -0.25) is 0 Å². The summed E-state index contributed by atoms with van der Waals surface area (Å²) in [5.41, 5.74) is 8.72. The molecule has 1 heterocycles. The molecular formula is C11H14N4. The summed E-state index contributed by atoms with van der Waals surface area (Å²) in [5, 5.41) is 0. The van der Waals surface area contributed by atoms with E-state index in [9.17, 15) is 0 Å². The van der Waals surface area contributed by atoms with Gasteiger partial charge in [0.05, 0.1) is 11.9 Å². The van der Waals surface area contributed by atoms with Crippen LogP contribution in [0.15, 0.2) is 30.5 Å². The lowest BCUT2D eigenvalue weighted by molar-refractivity contribution is 1.13. The van der Waals surface area contributed by atoms with Crippen molar-refractivity contribution >= 4 is 11.6 Å². The van der Waals surface area contributed by atoms with Crippen LogP contribution in [0, 0.1) is 0 Å². The quantitative estimate of drug-likeness (QED) is 0.779. The molecule has 0 radical (unpaired) electrons. The Morgan fingerprint density at radius 1 is 1.33 bits per heavy atom. The molecule has 0 saturated heterocycles. The highest BCUT2D eigenvalue weighted by Gasteiger charge is 2.02. The number of H-pyrrole nitrogens is 1. The van der Waals surface area contributed by atoms with E-state index in [0.717, 1.165) is 16.9 Å². The number of nitrogens with two attached hydrogens (primary N) is 1. The second-order valence-electron chi connectivity index (χ2n) is 3.63. The zero-order chi connectivity index (χ0) is 10.8. The number of anilines is 2. The van der Waals surface area contributed by atoms with Crippen LogP contribution in [0.1, 0.15) is 0 Å². The van der Waals surface area contributed by atoms with E-state index in [0.29, 0.717) is 5.95 Å². The topological polar surface area (TPSA) is 57.9 Å². The predicted octanol–water partition coefficient (Wildman–Crippen LogP) is 1.72. The maximum absolute atomic E-state index is 5.54. The zero-order valence-electron chi connectivity index (χ0n) is 8.86. The average molecular weight is 202 g/mol. The van der Waals surface area contributed by atoms with Crippen molar-refractivity contribution in [2.75, 3.05) is 24.7 Å². The number of benzene rings is 1. The third-order valence-electron chi connectivity index (χ3n) is 2.27. The number of hydrogen-bond donors (Lipinski definition) is 2. The Kier molecular flexibility index (Phi) is 2.33. The van der Waals surface area contributed by atoms with Gasteiger partial charge >= 0.3 is 0 Å². The zero-order valence-corrected chi connectivity index (χ0v) is 8.86. The molecule has 0 unspecified atom stereocenters. The molecule has 0 spiro atoms. The van der Waals surface area contributed by atoms with Gasteiger partial charge in [0.2, 0.25) is 0 Å². The SMILES string of the molecule is CN(C)c1cccc(-c2cnc(N)[nH]2)c1. The van der Waals surface area contributed by atoms with Crippen molar-refractivity contribution in [3.8, 4) is 11.3 Å². The molecule has 0 amide bonds. The van der Waals surface area contributed by atoms with Crippen molar-refractivity contribution in [1.29, 1.82) is 0 Å². The summed E-state index contributed by atoms with van der Waals surface area (Å²) < 4.78 is 0. The molecular weight excluding hydrogens is 188 g/mol. The van der Waals surface area contributed by atoms with Crippen molar-refractivity contribution in [3.63, 3.8) is 0 Å². The molecule has 0 aliphatic carbocycles. The van der Waals surface area contributed by atoms with Crippen molar-refractivity contribution in [1.82, 2.24) is 9.97 Å². The summed E-state index contributed by atoms with van der Waals surface area (Å²) in [6.45, 7) is 0. The Balaban J connectivity index is 2.41. The minimum Gasteiger partial charge on any atom is -0.378 e. The van der Waals surface area contributed by atoms with Gasteiger partial charge in [-0.1, -0.05) is 12.1 Å². The third kappa shape index (κ3) is 1.93. The first-order chi connectivity index (χ1) is 7.16. The Morgan fingerprint density at radius 2 is 2.13 bits per heavy atom. The molecule has 15 heavy (non-hydrogen) atoms. The molecule has 0 atom stereocenters. The van der Waals surface area contributed by atoms with Gasteiger partial charge in [-0.2, -0.15) is 0 Å². The molecule has 0 aliphatic rings. The molecule has 2 aromatic rings. The number of imidazole rings is 1. The van der Waals surface area contributed by atoms with Gasteiger partial charge in [-0.05, 0) is 12.1 Å². The summed E-state index contributed by atoms with van der Waals surface area (Å²) in [5.74, 6) is 0.445. The van der Waals surface area contributed by atoms with E-state index in [2.05, 4.69) is 27.0 Å². The fraction of sp³-hybridized carbons (Fsp3) is 0.182. The first kappa shape index (κ1) is 9.58. The molecule has 0 saturated carbocycles. The van der Waals surface area contributed by atoms with E-state index in [-0.39, 0.29) is 0 Å². The second-order valence-corrected chi connectivity index (χ2v) is 3.63. The summed E-state index contributed by atoms with van der Waals surface area (Å²) in [7, 11) is 4.03. The predicted molar refractivity (Wildman–Crippen MR) is 62.8 cm³/mol.